The summed E-state index contributed by atoms with van der Waals surface area (Å²) in [7, 11) is 0. The van der Waals surface area contributed by atoms with Crippen LogP contribution in [-0.2, 0) is 12.3 Å². The zero-order chi connectivity index (χ0) is 22.1. The fourth-order valence-electron chi connectivity index (χ4n) is 3.41. The second-order valence-electron chi connectivity index (χ2n) is 7.26. The summed E-state index contributed by atoms with van der Waals surface area (Å²) in [5, 5.41) is 0.784. The molecule has 8 heteroatoms. The number of halogens is 2. The largest absolute Gasteiger partial charge is 0.441 e. The zero-order valence-electron chi connectivity index (χ0n) is 17.1. The van der Waals surface area contributed by atoms with Gasteiger partial charge < -0.3 is 8.98 Å². The number of fused-ring (bicyclic) bond motifs is 1. The van der Waals surface area contributed by atoms with Gasteiger partial charge in [0, 0.05) is 11.9 Å². The van der Waals surface area contributed by atoms with Crippen LogP contribution in [0.25, 0.3) is 22.5 Å². The van der Waals surface area contributed by atoms with Crippen LogP contribution in [0, 0.1) is 18.6 Å². The molecule has 0 amide bonds. The molecule has 32 heavy (non-hydrogen) atoms. The lowest BCUT2D eigenvalue weighted by molar-refractivity contribution is 0.530. The second kappa shape index (κ2) is 8.55. The molecule has 0 fully saturated rings. The summed E-state index contributed by atoms with van der Waals surface area (Å²) in [5.74, 6) is 0.856. The van der Waals surface area contributed by atoms with Crippen molar-refractivity contribution in [2.24, 2.45) is 0 Å². The molecule has 0 atom stereocenters. The van der Waals surface area contributed by atoms with Gasteiger partial charge in [0.05, 0.1) is 29.3 Å². The summed E-state index contributed by atoms with van der Waals surface area (Å²) in [5.41, 5.74) is 3.69. The minimum atomic E-state index is -0.381. The van der Waals surface area contributed by atoms with E-state index in [0.717, 1.165) is 21.8 Å². The highest BCUT2D eigenvalue weighted by Crippen LogP contribution is 2.29. The van der Waals surface area contributed by atoms with Crippen molar-refractivity contribution < 1.29 is 13.2 Å². The molecule has 5 rings (SSSR count). The van der Waals surface area contributed by atoms with Crippen LogP contribution in [-0.4, -0.2) is 19.5 Å². The minimum Gasteiger partial charge on any atom is -0.441 e. The predicted molar refractivity (Wildman–Crippen MR) is 119 cm³/mol. The molecule has 0 N–H and O–H groups in total. The monoisotopic (exact) mass is 448 g/mol. The molecular weight excluding hydrogens is 430 g/mol. The third-order valence-electron chi connectivity index (χ3n) is 5.10. The Morgan fingerprint density at radius 1 is 1.00 bits per heavy atom. The molecule has 3 aromatic heterocycles. The van der Waals surface area contributed by atoms with Gasteiger partial charge in [-0.2, -0.15) is 0 Å². The Morgan fingerprint density at radius 2 is 1.81 bits per heavy atom. The fraction of sp³-hybridized carbons (Fsp3) is 0.125. The van der Waals surface area contributed by atoms with E-state index in [-0.39, 0.29) is 17.5 Å². The lowest BCUT2D eigenvalue weighted by Crippen LogP contribution is -2.03. The van der Waals surface area contributed by atoms with Crippen molar-refractivity contribution in [3.05, 3.63) is 95.6 Å². The Balaban J connectivity index is 1.48. The van der Waals surface area contributed by atoms with Gasteiger partial charge in [0.15, 0.2) is 5.16 Å². The first kappa shape index (κ1) is 20.4. The molecule has 0 unspecified atom stereocenters. The lowest BCUT2D eigenvalue weighted by atomic mass is 10.2. The molecule has 160 valence electrons. The van der Waals surface area contributed by atoms with E-state index < -0.39 is 0 Å². The first-order valence-electron chi connectivity index (χ1n) is 9.97. The number of thioether (sulfide) groups is 1. The van der Waals surface area contributed by atoms with Crippen molar-refractivity contribution in [3.8, 4) is 11.5 Å². The molecule has 0 saturated carbocycles. The molecule has 2 aromatic carbocycles. The van der Waals surface area contributed by atoms with Gasteiger partial charge in [-0.1, -0.05) is 36.0 Å². The number of aromatic nitrogens is 4. The lowest BCUT2D eigenvalue weighted by Gasteiger charge is -2.07. The molecule has 0 aliphatic heterocycles. The van der Waals surface area contributed by atoms with Gasteiger partial charge in [-0.15, -0.1) is 0 Å². The highest BCUT2D eigenvalue weighted by Gasteiger charge is 2.18. The van der Waals surface area contributed by atoms with Gasteiger partial charge in [0.1, 0.15) is 23.1 Å². The quantitative estimate of drug-likeness (QED) is 0.298. The molecule has 5 nitrogen and oxygen atoms in total. The maximum Gasteiger partial charge on any atom is 0.229 e. The standard InChI is InChI=1S/C24H18F2N4OS/c1-15-21(28-23(31-15)18-4-2-3-5-19(18)26)13-30-22-12-27-11-10-20(22)29-24(30)32-14-16-6-8-17(25)9-7-16/h2-12H,13-14H2,1H3. The van der Waals surface area contributed by atoms with E-state index in [1.54, 1.807) is 54.5 Å². The van der Waals surface area contributed by atoms with Crippen LogP contribution in [0.15, 0.2) is 76.6 Å². The normalized spacial score (nSPS) is 11.3. The van der Waals surface area contributed by atoms with E-state index in [0.29, 0.717) is 29.3 Å². The van der Waals surface area contributed by atoms with E-state index in [2.05, 4.69) is 9.97 Å². The number of benzene rings is 2. The van der Waals surface area contributed by atoms with Crippen LogP contribution in [0.1, 0.15) is 17.0 Å². The molecule has 0 saturated heterocycles. The maximum atomic E-state index is 14.2. The van der Waals surface area contributed by atoms with Crippen molar-refractivity contribution in [1.82, 2.24) is 19.5 Å². The highest BCUT2D eigenvalue weighted by atomic mass is 32.2. The minimum absolute atomic E-state index is 0.249. The number of aryl methyl sites for hydroxylation is 1. The molecule has 5 aromatic rings. The summed E-state index contributed by atoms with van der Waals surface area (Å²) in [6, 6.07) is 14.7. The number of hydrogen-bond acceptors (Lipinski definition) is 5. The molecular formula is C24H18F2N4OS. The van der Waals surface area contributed by atoms with Crippen molar-refractivity contribution >= 4 is 22.8 Å². The topological polar surface area (TPSA) is 56.7 Å². The fourth-order valence-corrected chi connectivity index (χ4v) is 4.38. The summed E-state index contributed by atoms with van der Waals surface area (Å²) in [6.45, 7) is 2.22. The SMILES string of the molecule is Cc1oc(-c2ccccc2F)nc1Cn1c(SCc2ccc(F)cc2)nc2ccncc21. The highest BCUT2D eigenvalue weighted by molar-refractivity contribution is 7.98. The smallest absolute Gasteiger partial charge is 0.229 e. The van der Waals surface area contributed by atoms with E-state index in [4.69, 9.17) is 9.40 Å². The number of oxazole rings is 1. The summed E-state index contributed by atoms with van der Waals surface area (Å²) < 4.78 is 35.2. The Labute approximate surface area is 187 Å². The Hall–Kier alpha value is -3.52. The molecule has 0 aliphatic rings. The maximum absolute atomic E-state index is 14.2. The van der Waals surface area contributed by atoms with E-state index in [1.165, 1.54) is 18.2 Å². The molecule has 0 spiro atoms. The van der Waals surface area contributed by atoms with Crippen LogP contribution in [0.4, 0.5) is 8.78 Å². The van der Waals surface area contributed by atoms with E-state index >= 15 is 0 Å². The Bertz CT molecular complexity index is 1400. The Morgan fingerprint density at radius 3 is 2.62 bits per heavy atom. The van der Waals surface area contributed by atoms with Crippen molar-refractivity contribution in [1.29, 1.82) is 0 Å². The van der Waals surface area contributed by atoms with Gasteiger partial charge in [-0.25, -0.2) is 18.7 Å². The van der Waals surface area contributed by atoms with Crippen LogP contribution < -0.4 is 0 Å². The van der Waals surface area contributed by atoms with Gasteiger partial charge in [-0.05, 0) is 42.8 Å². The zero-order valence-corrected chi connectivity index (χ0v) is 17.9. The molecule has 0 aliphatic carbocycles. The van der Waals surface area contributed by atoms with Crippen LogP contribution >= 0.6 is 11.8 Å². The second-order valence-corrected chi connectivity index (χ2v) is 8.20. The Kier molecular flexibility index (Phi) is 5.45. The van der Waals surface area contributed by atoms with Gasteiger partial charge >= 0.3 is 0 Å². The van der Waals surface area contributed by atoms with Gasteiger partial charge in [-0.3, -0.25) is 4.98 Å². The molecule has 0 radical (unpaired) electrons. The molecule has 3 heterocycles. The third kappa shape index (κ3) is 4.01. The number of nitrogens with zero attached hydrogens (tertiary/aromatic N) is 4. The average Bonchev–Trinajstić information content (AvgIpc) is 3.34. The predicted octanol–water partition coefficient (Wildman–Crippen LogP) is 6.01. The molecule has 0 bridgehead atoms. The number of rotatable bonds is 6. The van der Waals surface area contributed by atoms with Crippen LogP contribution in [0.5, 0.6) is 0 Å². The van der Waals surface area contributed by atoms with E-state index in [9.17, 15) is 8.78 Å². The average molecular weight is 448 g/mol. The third-order valence-corrected chi connectivity index (χ3v) is 6.15. The van der Waals surface area contributed by atoms with Gasteiger partial charge in [0.25, 0.3) is 0 Å². The number of imidazole rings is 1. The first-order valence-corrected chi connectivity index (χ1v) is 11.0. The van der Waals surface area contributed by atoms with Crippen LogP contribution in [0.2, 0.25) is 0 Å². The first-order chi connectivity index (χ1) is 15.6. The van der Waals surface area contributed by atoms with Gasteiger partial charge in [0.2, 0.25) is 5.89 Å². The van der Waals surface area contributed by atoms with Crippen molar-refractivity contribution in [2.45, 2.75) is 24.4 Å². The number of hydrogen-bond donors (Lipinski definition) is 0. The number of pyridine rings is 1. The summed E-state index contributed by atoms with van der Waals surface area (Å²) in [4.78, 5) is 13.5. The van der Waals surface area contributed by atoms with Crippen molar-refractivity contribution in [2.75, 3.05) is 0 Å². The van der Waals surface area contributed by atoms with E-state index in [1.807, 2.05) is 17.6 Å². The van der Waals surface area contributed by atoms with Crippen molar-refractivity contribution in [3.63, 3.8) is 0 Å². The summed E-state index contributed by atoms with van der Waals surface area (Å²) >= 11 is 1.55. The van der Waals surface area contributed by atoms with Crippen LogP contribution in [0.3, 0.4) is 0 Å². The summed E-state index contributed by atoms with van der Waals surface area (Å²) in [6.07, 6.45) is 3.46.